The Kier molecular flexibility index (Phi) is 7.93. The molecule has 2 unspecified atom stereocenters. The first-order chi connectivity index (χ1) is 13.2. The molecule has 2 atom stereocenters. The number of benzene rings is 2. The van der Waals surface area contributed by atoms with Gasteiger partial charge in [0, 0.05) is 6.54 Å². The molecule has 0 saturated heterocycles. The molecule has 0 aliphatic carbocycles. The van der Waals surface area contributed by atoms with E-state index in [9.17, 15) is 29.0 Å². The molecule has 0 aliphatic rings. The van der Waals surface area contributed by atoms with Crippen LogP contribution in [0.2, 0.25) is 0 Å². The van der Waals surface area contributed by atoms with Crippen molar-refractivity contribution in [1.82, 2.24) is 5.32 Å². The van der Waals surface area contributed by atoms with Crippen molar-refractivity contribution in [2.75, 3.05) is 12.7 Å². The molecule has 0 aliphatic heterocycles. The highest BCUT2D eigenvalue weighted by molar-refractivity contribution is 7.51. The minimum absolute atomic E-state index is 0.116. The van der Waals surface area contributed by atoms with Gasteiger partial charge in [-0.2, -0.15) is 0 Å². The van der Waals surface area contributed by atoms with Crippen LogP contribution < -0.4 is 5.32 Å². The van der Waals surface area contributed by atoms with Gasteiger partial charge in [0.15, 0.2) is 0 Å². The van der Waals surface area contributed by atoms with Gasteiger partial charge in [-0.1, -0.05) is 60.7 Å². The van der Waals surface area contributed by atoms with Crippen LogP contribution in [0.25, 0.3) is 0 Å². The second kappa shape index (κ2) is 10.2. The Balaban J connectivity index is 2.03. The normalized spacial score (nSPS) is 13.5. The van der Waals surface area contributed by atoms with Gasteiger partial charge in [0.05, 0.1) is 18.0 Å². The van der Waals surface area contributed by atoms with Crippen molar-refractivity contribution in [3.63, 3.8) is 0 Å². The molecule has 2 aromatic carbocycles. The molecule has 0 radical (unpaired) electrons. The first kappa shape index (κ1) is 21.8. The average molecular weight is 405 g/mol. The number of carbonyl (C=O) groups is 2. The van der Waals surface area contributed by atoms with Gasteiger partial charge in [0.2, 0.25) is 5.91 Å². The lowest BCUT2D eigenvalue weighted by Crippen LogP contribution is -2.39. The van der Waals surface area contributed by atoms with E-state index in [-0.39, 0.29) is 19.4 Å². The van der Waals surface area contributed by atoms with Crippen LogP contribution >= 0.6 is 7.60 Å². The van der Waals surface area contributed by atoms with E-state index in [2.05, 4.69) is 5.32 Å². The van der Waals surface area contributed by atoms with Crippen molar-refractivity contribution in [2.45, 2.75) is 12.8 Å². The summed E-state index contributed by atoms with van der Waals surface area (Å²) in [6, 6.07) is 18.0. The van der Waals surface area contributed by atoms with Gasteiger partial charge >= 0.3 is 13.6 Å². The molecule has 4 N–H and O–H groups in total. The van der Waals surface area contributed by atoms with E-state index in [1.807, 2.05) is 36.4 Å². The lowest BCUT2D eigenvalue weighted by molar-refractivity contribution is -0.141. The molecular weight excluding hydrogens is 381 g/mol. The zero-order chi connectivity index (χ0) is 20.6. The second-order valence-electron chi connectivity index (χ2n) is 6.70. The van der Waals surface area contributed by atoms with E-state index in [4.69, 9.17) is 0 Å². The zero-order valence-corrected chi connectivity index (χ0v) is 16.2. The summed E-state index contributed by atoms with van der Waals surface area (Å²) < 4.78 is 11.4. The summed E-state index contributed by atoms with van der Waals surface area (Å²) in [7, 11) is -4.41. The van der Waals surface area contributed by atoms with Crippen molar-refractivity contribution in [3.8, 4) is 0 Å². The van der Waals surface area contributed by atoms with Crippen LogP contribution in [-0.2, 0) is 27.0 Å². The fourth-order valence-electron chi connectivity index (χ4n) is 2.94. The van der Waals surface area contributed by atoms with Crippen LogP contribution in [0.1, 0.15) is 11.1 Å². The number of nitrogens with one attached hydrogen (secondary N) is 1. The van der Waals surface area contributed by atoms with Crippen molar-refractivity contribution in [1.29, 1.82) is 0 Å². The van der Waals surface area contributed by atoms with Crippen LogP contribution in [0.5, 0.6) is 0 Å². The molecule has 150 valence electrons. The van der Waals surface area contributed by atoms with Crippen LogP contribution in [-0.4, -0.2) is 39.5 Å². The van der Waals surface area contributed by atoms with E-state index >= 15 is 0 Å². The molecule has 0 heterocycles. The number of hydrogen-bond acceptors (Lipinski definition) is 3. The third kappa shape index (κ3) is 7.64. The molecule has 8 heteroatoms. The number of amides is 1. The quantitative estimate of drug-likeness (QED) is 0.449. The largest absolute Gasteiger partial charge is 0.481 e. The van der Waals surface area contributed by atoms with Gasteiger partial charge in [-0.3, -0.25) is 14.2 Å². The van der Waals surface area contributed by atoms with E-state index in [0.717, 1.165) is 11.1 Å². The Labute approximate surface area is 163 Å². The highest BCUT2D eigenvalue weighted by atomic mass is 31.2. The van der Waals surface area contributed by atoms with Crippen molar-refractivity contribution >= 4 is 19.5 Å². The van der Waals surface area contributed by atoms with Gasteiger partial charge in [-0.25, -0.2) is 0 Å². The third-order valence-electron chi connectivity index (χ3n) is 4.35. The van der Waals surface area contributed by atoms with Crippen LogP contribution in [0.3, 0.4) is 0 Å². The number of rotatable bonds is 10. The van der Waals surface area contributed by atoms with E-state index in [0.29, 0.717) is 0 Å². The van der Waals surface area contributed by atoms with Gasteiger partial charge in [0.1, 0.15) is 0 Å². The fourth-order valence-corrected chi connectivity index (χ4v) is 3.81. The Morgan fingerprint density at radius 3 is 1.75 bits per heavy atom. The van der Waals surface area contributed by atoms with E-state index < -0.39 is 37.5 Å². The minimum Gasteiger partial charge on any atom is -0.481 e. The highest BCUT2D eigenvalue weighted by Gasteiger charge is 2.29. The van der Waals surface area contributed by atoms with E-state index in [1.54, 1.807) is 24.3 Å². The first-order valence-corrected chi connectivity index (χ1v) is 10.7. The molecule has 0 bridgehead atoms. The standard InChI is InChI=1S/C20H24NO6P/c22-19(18(14-28(25,26)27)12-16-9-5-2-6-10-16)21-13-17(20(23)24)11-15-7-3-1-4-8-15/h1-10,17-18H,11-14H2,(H,21,22)(H,23,24)(H2,25,26,27). The number of hydrogen-bond donors (Lipinski definition) is 4. The van der Waals surface area contributed by atoms with Crippen molar-refractivity contribution in [3.05, 3.63) is 71.8 Å². The summed E-state index contributed by atoms with van der Waals surface area (Å²) in [6.07, 6.45) is -0.184. The predicted molar refractivity (Wildman–Crippen MR) is 105 cm³/mol. The van der Waals surface area contributed by atoms with Gasteiger partial charge < -0.3 is 20.2 Å². The number of aliphatic carboxylic acids is 1. The van der Waals surface area contributed by atoms with Crippen LogP contribution in [0.4, 0.5) is 0 Å². The fraction of sp³-hybridized carbons (Fsp3) is 0.300. The molecule has 7 nitrogen and oxygen atoms in total. The van der Waals surface area contributed by atoms with Crippen LogP contribution in [0.15, 0.2) is 60.7 Å². The Bertz CT molecular complexity index is 821. The summed E-state index contributed by atoms with van der Waals surface area (Å²) in [5.74, 6) is -3.39. The molecule has 2 rings (SSSR count). The average Bonchev–Trinajstić information content (AvgIpc) is 2.64. The van der Waals surface area contributed by atoms with E-state index in [1.165, 1.54) is 0 Å². The Morgan fingerprint density at radius 2 is 1.32 bits per heavy atom. The SMILES string of the molecule is O=C(O)C(CNC(=O)C(Cc1ccccc1)CP(=O)(O)O)Cc1ccccc1. The number of carboxylic acids is 1. The lowest BCUT2D eigenvalue weighted by atomic mass is 9.97. The number of carbonyl (C=O) groups excluding carboxylic acids is 1. The van der Waals surface area contributed by atoms with Gasteiger partial charge in [-0.05, 0) is 24.0 Å². The molecule has 0 fully saturated rings. The lowest BCUT2D eigenvalue weighted by Gasteiger charge is -2.19. The molecule has 2 aromatic rings. The summed E-state index contributed by atoms with van der Waals surface area (Å²) in [6.45, 7) is -0.116. The predicted octanol–water partition coefficient (Wildman–Crippen LogP) is 2.08. The molecule has 0 spiro atoms. The Hall–Kier alpha value is -2.47. The summed E-state index contributed by atoms with van der Waals surface area (Å²) in [5.41, 5.74) is 1.61. The minimum atomic E-state index is -4.41. The topological polar surface area (TPSA) is 124 Å². The summed E-state index contributed by atoms with van der Waals surface area (Å²) >= 11 is 0. The van der Waals surface area contributed by atoms with Crippen LogP contribution in [0, 0.1) is 11.8 Å². The maximum Gasteiger partial charge on any atom is 0.326 e. The monoisotopic (exact) mass is 405 g/mol. The van der Waals surface area contributed by atoms with Gasteiger partial charge in [0.25, 0.3) is 0 Å². The summed E-state index contributed by atoms with van der Waals surface area (Å²) in [4.78, 5) is 42.7. The van der Waals surface area contributed by atoms with Crippen molar-refractivity contribution in [2.24, 2.45) is 11.8 Å². The smallest absolute Gasteiger partial charge is 0.326 e. The summed E-state index contributed by atoms with van der Waals surface area (Å²) in [5, 5.41) is 12.0. The highest BCUT2D eigenvalue weighted by Crippen LogP contribution is 2.37. The second-order valence-corrected chi connectivity index (χ2v) is 8.40. The maximum atomic E-state index is 12.6. The third-order valence-corrected chi connectivity index (χ3v) is 5.27. The maximum absolute atomic E-state index is 12.6. The van der Waals surface area contributed by atoms with Gasteiger partial charge in [-0.15, -0.1) is 0 Å². The Morgan fingerprint density at radius 1 is 0.857 bits per heavy atom. The number of carboxylic acid groups (broad SMARTS) is 1. The zero-order valence-electron chi connectivity index (χ0n) is 15.3. The molecular formula is C20H24NO6P. The molecule has 1 amide bonds. The van der Waals surface area contributed by atoms with Crippen molar-refractivity contribution < 1.29 is 29.0 Å². The molecule has 0 saturated carbocycles. The molecule has 0 aromatic heterocycles. The molecule has 28 heavy (non-hydrogen) atoms. The first-order valence-electron chi connectivity index (χ1n) is 8.87.